The van der Waals surface area contributed by atoms with Crippen molar-refractivity contribution in [1.29, 1.82) is 0 Å². The van der Waals surface area contributed by atoms with Gasteiger partial charge in [-0.05, 0) is 31.2 Å². The van der Waals surface area contributed by atoms with Crippen molar-refractivity contribution in [1.82, 2.24) is 5.32 Å². The van der Waals surface area contributed by atoms with E-state index >= 15 is 0 Å². The molecule has 116 valence electrons. The largest absolute Gasteiger partial charge is 0.461 e. The number of rotatable bonds is 7. The van der Waals surface area contributed by atoms with Gasteiger partial charge in [-0.25, -0.2) is 0 Å². The van der Waals surface area contributed by atoms with Crippen LogP contribution in [0.25, 0.3) is 0 Å². The molecule has 2 rings (SSSR count). The van der Waals surface area contributed by atoms with Crippen LogP contribution in [-0.4, -0.2) is 18.6 Å². The number of carbonyl (C=O) groups is 1. The van der Waals surface area contributed by atoms with Crippen molar-refractivity contribution in [2.45, 2.75) is 52.2 Å². The molecule has 0 saturated heterocycles. The smallest absolute Gasteiger partial charge is 0.310 e. The van der Waals surface area contributed by atoms with Crippen LogP contribution in [0.2, 0.25) is 0 Å². The third-order valence-electron chi connectivity index (χ3n) is 4.48. The Balaban J connectivity index is 1.67. The summed E-state index contributed by atoms with van der Waals surface area (Å²) < 4.78 is 5.37. The van der Waals surface area contributed by atoms with Gasteiger partial charge in [-0.2, -0.15) is 0 Å². The predicted octanol–water partition coefficient (Wildman–Crippen LogP) is 3.53. The van der Waals surface area contributed by atoms with Crippen molar-refractivity contribution >= 4 is 5.97 Å². The molecule has 1 saturated carbocycles. The summed E-state index contributed by atoms with van der Waals surface area (Å²) in [5.74, 6) is 0.556. The minimum absolute atomic E-state index is 0.0995. The molecule has 3 nitrogen and oxygen atoms in total. The molecule has 1 fully saturated rings. The molecule has 3 heteroatoms. The van der Waals surface area contributed by atoms with Crippen molar-refractivity contribution in [3.05, 3.63) is 35.9 Å². The quantitative estimate of drug-likeness (QED) is 0.780. The lowest BCUT2D eigenvalue weighted by Gasteiger charge is -2.22. The number of esters is 1. The van der Waals surface area contributed by atoms with Gasteiger partial charge in [-0.1, -0.05) is 50.1 Å². The maximum Gasteiger partial charge on any atom is 0.310 e. The highest BCUT2D eigenvalue weighted by Crippen LogP contribution is 2.27. The summed E-state index contributed by atoms with van der Waals surface area (Å²) in [6.45, 7) is 5.23. The summed E-state index contributed by atoms with van der Waals surface area (Å²) in [6.07, 6.45) is 5.35. The van der Waals surface area contributed by atoms with Crippen LogP contribution in [0.4, 0.5) is 0 Å². The van der Waals surface area contributed by atoms with Gasteiger partial charge in [0.25, 0.3) is 0 Å². The van der Waals surface area contributed by atoms with E-state index in [0.29, 0.717) is 19.2 Å². The molecule has 0 bridgehead atoms. The Morgan fingerprint density at radius 2 is 1.90 bits per heavy atom. The van der Waals surface area contributed by atoms with Crippen LogP contribution in [0, 0.1) is 11.8 Å². The molecule has 0 spiro atoms. The van der Waals surface area contributed by atoms with Crippen molar-refractivity contribution in [3.8, 4) is 0 Å². The van der Waals surface area contributed by atoms with Gasteiger partial charge in [0.2, 0.25) is 0 Å². The molecule has 0 amide bonds. The SMILES string of the molecule is CC(CN[C@H](C)C1CCCC1)C(=O)OCc1ccccc1. The Bertz CT molecular complexity index is 426. The zero-order chi connectivity index (χ0) is 15.1. The molecule has 0 heterocycles. The van der Waals surface area contributed by atoms with Crippen LogP contribution in [0.1, 0.15) is 45.1 Å². The van der Waals surface area contributed by atoms with Crippen LogP contribution < -0.4 is 5.32 Å². The van der Waals surface area contributed by atoms with Crippen LogP contribution >= 0.6 is 0 Å². The molecular weight excluding hydrogens is 262 g/mol. The maximum atomic E-state index is 12.0. The minimum atomic E-state index is -0.120. The second-order valence-electron chi connectivity index (χ2n) is 6.24. The van der Waals surface area contributed by atoms with Crippen LogP contribution in [0.15, 0.2) is 30.3 Å². The summed E-state index contributed by atoms with van der Waals surface area (Å²) >= 11 is 0. The number of hydrogen-bond acceptors (Lipinski definition) is 3. The molecular formula is C18H27NO2. The summed E-state index contributed by atoms with van der Waals surface area (Å²) in [5.41, 5.74) is 1.03. The van der Waals surface area contributed by atoms with Crippen molar-refractivity contribution in [2.24, 2.45) is 11.8 Å². The molecule has 1 N–H and O–H groups in total. The Kier molecular flexibility index (Phi) is 6.24. The third-order valence-corrected chi connectivity index (χ3v) is 4.48. The summed E-state index contributed by atoms with van der Waals surface area (Å²) in [7, 11) is 0. The average Bonchev–Trinajstić information content (AvgIpc) is 3.05. The average molecular weight is 289 g/mol. The van der Waals surface area contributed by atoms with Gasteiger partial charge in [0, 0.05) is 12.6 Å². The number of ether oxygens (including phenoxy) is 1. The first-order valence-corrected chi connectivity index (χ1v) is 8.10. The molecule has 0 radical (unpaired) electrons. The summed E-state index contributed by atoms with van der Waals surface area (Å²) in [4.78, 5) is 12.0. The standard InChI is InChI=1S/C18H27NO2/c1-14(12-19-15(2)17-10-6-7-11-17)18(20)21-13-16-8-4-3-5-9-16/h3-5,8-9,14-15,17,19H,6-7,10-13H2,1-2H3/t14?,15-/m1/s1. The second kappa shape index (κ2) is 8.18. The molecule has 0 aromatic heterocycles. The predicted molar refractivity (Wildman–Crippen MR) is 84.8 cm³/mol. The number of carbonyl (C=O) groups excluding carboxylic acids is 1. The van der Waals surface area contributed by atoms with Crippen molar-refractivity contribution in [3.63, 3.8) is 0 Å². The Hall–Kier alpha value is -1.35. The van der Waals surface area contributed by atoms with Gasteiger partial charge in [-0.15, -0.1) is 0 Å². The monoisotopic (exact) mass is 289 g/mol. The normalized spacial score (nSPS) is 18.4. The highest BCUT2D eigenvalue weighted by molar-refractivity contribution is 5.72. The van der Waals surface area contributed by atoms with E-state index in [-0.39, 0.29) is 11.9 Å². The molecule has 1 aliphatic carbocycles. The molecule has 2 atom stereocenters. The number of nitrogens with one attached hydrogen (secondary N) is 1. The first kappa shape index (κ1) is 16.0. The van der Waals surface area contributed by atoms with E-state index in [9.17, 15) is 4.79 Å². The van der Waals surface area contributed by atoms with Gasteiger partial charge in [-0.3, -0.25) is 4.79 Å². The Labute approximate surface area is 128 Å². The topological polar surface area (TPSA) is 38.3 Å². The lowest BCUT2D eigenvalue weighted by Crippen LogP contribution is -2.37. The Morgan fingerprint density at radius 1 is 1.24 bits per heavy atom. The number of hydrogen-bond donors (Lipinski definition) is 1. The van der Waals surface area contributed by atoms with Crippen LogP contribution in [-0.2, 0) is 16.1 Å². The van der Waals surface area contributed by atoms with E-state index in [4.69, 9.17) is 4.74 Å². The molecule has 1 aromatic carbocycles. The van der Waals surface area contributed by atoms with Gasteiger partial charge in [0.05, 0.1) is 5.92 Å². The van der Waals surface area contributed by atoms with Gasteiger partial charge < -0.3 is 10.1 Å². The van der Waals surface area contributed by atoms with E-state index in [1.54, 1.807) is 0 Å². The highest BCUT2D eigenvalue weighted by atomic mass is 16.5. The molecule has 0 aliphatic heterocycles. The number of benzene rings is 1. The van der Waals surface area contributed by atoms with E-state index in [2.05, 4.69) is 12.2 Å². The zero-order valence-electron chi connectivity index (χ0n) is 13.2. The van der Waals surface area contributed by atoms with Crippen LogP contribution in [0.5, 0.6) is 0 Å². The maximum absolute atomic E-state index is 12.0. The van der Waals surface area contributed by atoms with E-state index in [1.165, 1.54) is 25.7 Å². The fourth-order valence-corrected chi connectivity index (χ4v) is 2.94. The summed E-state index contributed by atoms with van der Waals surface area (Å²) in [6, 6.07) is 10.3. The van der Waals surface area contributed by atoms with Gasteiger partial charge in [0.15, 0.2) is 0 Å². The Morgan fingerprint density at radius 3 is 2.57 bits per heavy atom. The van der Waals surface area contributed by atoms with Crippen molar-refractivity contribution in [2.75, 3.05) is 6.54 Å². The van der Waals surface area contributed by atoms with E-state index in [1.807, 2.05) is 37.3 Å². The lowest BCUT2D eigenvalue weighted by molar-refractivity contribution is -0.149. The molecule has 1 aromatic rings. The first-order chi connectivity index (χ1) is 10.2. The molecule has 1 unspecified atom stereocenters. The van der Waals surface area contributed by atoms with E-state index < -0.39 is 0 Å². The third kappa shape index (κ3) is 5.16. The van der Waals surface area contributed by atoms with Gasteiger partial charge >= 0.3 is 5.97 Å². The first-order valence-electron chi connectivity index (χ1n) is 8.10. The molecule has 21 heavy (non-hydrogen) atoms. The second-order valence-corrected chi connectivity index (χ2v) is 6.24. The molecule has 1 aliphatic rings. The van der Waals surface area contributed by atoms with Crippen molar-refractivity contribution < 1.29 is 9.53 Å². The fourth-order valence-electron chi connectivity index (χ4n) is 2.94. The highest BCUT2D eigenvalue weighted by Gasteiger charge is 2.22. The van der Waals surface area contributed by atoms with Crippen LogP contribution in [0.3, 0.4) is 0 Å². The van der Waals surface area contributed by atoms with E-state index in [0.717, 1.165) is 11.5 Å². The summed E-state index contributed by atoms with van der Waals surface area (Å²) in [5, 5.41) is 3.50. The minimum Gasteiger partial charge on any atom is -0.461 e. The lowest BCUT2D eigenvalue weighted by atomic mass is 9.99. The fraction of sp³-hybridized carbons (Fsp3) is 0.611. The van der Waals surface area contributed by atoms with Gasteiger partial charge in [0.1, 0.15) is 6.61 Å². The zero-order valence-corrected chi connectivity index (χ0v) is 13.2.